The molecular formula is C8H11N3O. The van der Waals surface area contributed by atoms with E-state index in [1.165, 1.54) is 0 Å². The van der Waals surface area contributed by atoms with Crippen molar-refractivity contribution in [2.75, 3.05) is 13.1 Å². The summed E-state index contributed by atoms with van der Waals surface area (Å²) in [5, 5.41) is 7.35. The van der Waals surface area contributed by atoms with E-state index in [2.05, 4.69) is 10.4 Å². The maximum Gasteiger partial charge on any atom is 0.168 e. The maximum absolute atomic E-state index is 10.6. The third-order valence-corrected chi connectivity index (χ3v) is 2.20. The van der Waals surface area contributed by atoms with Gasteiger partial charge in [-0.25, -0.2) is 0 Å². The van der Waals surface area contributed by atoms with Crippen LogP contribution in [-0.4, -0.2) is 29.2 Å². The van der Waals surface area contributed by atoms with Crippen molar-refractivity contribution in [1.29, 1.82) is 0 Å². The molecule has 1 unspecified atom stereocenters. The second kappa shape index (κ2) is 3.06. The van der Waals surface area contributed by atoms with Crippen LogP contribution in [0.2, 0.25) is 0 Å². The molecule has 1 N–H and O–H groups in total. The van der Waals surface area contributed by atoms with Crippen molar-refractivity contribution < 1.29 is 4.79 Å². The molecule has 1 aromatic rings. The van der Waals surface area contributed by atoms with E-state index in [1.54, 1.807) is 16.9 Å². The molecule has 4 nitrogen and oxygen atoms in total. The second-order valence-corrected chi connectivity index (χ2v) is 2.97. The van der Waals surface area contributed by atoms with Crippen molar-refractivity contribution in [3.05, 3.63) is 18.0 Å². The minimum absolute atomic E-state index is 0.361. The van der Waals surface area contributed by atoms with Gasteiger partial charge in [-0.2, -0.15) is 5.10 Å². The number of rotatable bonds is 2. The van der Waals surface area contributed by atoms with Crippen molar-refractivity contribution in [1.82, 2.24) is 15.1 Å². The molecule has 1 fully saturated rings. The van der Waals surface area contributed by atoms with Crippen molar-refractivity contribution in [2.45, 2.75) is 12.5 Å². The Bertz CT molecular complexity index is 276. The Kier molecular flexibility index (Phi) is 1.91. The Morgan fingerprint density at radius 2 is 2.67 bits per heavy atom. The van der Waals surface area contributed by atoms with Crippen LogP contribution in [0.1, 0.15) is 23.0 Å². The highest BCUT2D eigenvalue weighted by molar-refractivity contribution is 5.71. The van der Waals surface area contributed by atoms with Crippen LogP contribution in [-0.2, 0) is 0 Å². The summed E-state index contributed by atoms with van der Waals surface area (Å²) >= 11 is 0. The molecule has 0 aliphatic carbocycles. The summed E-state index contributed by atoms with van der Waals surface area (Å²) in [6, 6.07) is 2.10. The van der Waals surface area contributed by atoms with E-state index in [0.717, 1.165) is 25.8 Å². The van der Waals surface area contributed by atoms with Gasteiger partial charge in [0.25, 0.3) is 0 Å². The molecule has 0 saturated carbocycles. The van der Waals surface area contributed by atoms with Crippen molar-refractivity contribution >= 4 is 6.29 Å². The Morgan fingerprint density at radius 1 is 1.75 bits per heavy atom. The molecule has 1 aliphatic rings. The van der Waals surface area contributed by atoms with Crippen LogP contribution >= 0.6 is 0 Å². The first-order valence-corrected chi connectivity index (χ1v) is 4.11. The molecule has 64 valence electrons. The van der Waals surface area contributed by atoms with Gasteiger partial charge in [0.15, 0.2) is 6.29 Å². The van der Waals surface area contributed by atoms with Gasteiger partial charge in [-0.1, -0.05) is 0 Å². The van der Waals surface area contributed by atoms with Gasteiger partial charge in [0.1, 0.15) is 5.69 Å². The van der Waals surface area contributed by atoms with E-state index >= 15 is 0 Å². The summed E-state index contributed by atoms with van der Waals surface area (Å²) in [5.74, 6) is 0. The largest absolute Gasteiger partial charge is 0.315 e. The average Bonchev–Trinajstić information content (AvgIpc) is 2.74. The smallest absolute Gasteiger partial charge is 0.168 e. The number of nitrogens with zero attached hydrogens (tertiary/aromatic N) is 2. The van der Waals surface area contributed by atoms with Gasteiger partial charge in [-0.05, 0) is 19.0 Å². The normalized spacial score (nSPS) is 22.8. The second-order valence-electron chi connectivity index (χ2n) is 2.97. The molecule has 4 heteroatoms. The van der Waals surface area contributed by atoms with Gasteiger partial charge in [0.2, 0.25) is 0 Å². The molecule has 1 saturated heterocycles. The third kappa shape index (κ3) is 1.14. The number of aldehydes is 1. The molecule has 1 aliphatic heterocycles. The highest BCUT2D eigenvalue weighted by Gasteiger charge is 2.18. The number of hydrogen-bond donors (Lipinski definition) is 1. The third-order valence-electron chi connectivity index (χ3n) is 2.20. The van der Waals surface area contributed by atoms with Crippen LogP contribution < -0.4 is 5.32 Å². The highest BCUT2D eigenvalue weighted by atomic mass is 16.1. The molecule has 1 atom stereocenters. The van der Waals surface area contributed by atoms with E-state index in [0.29, 0.717) is 11.7 Å². The molecule has 12 heavy (non-hydrogen) atoms. The number of hydrogen-bond acceptors (Lipinski definition) is 3. The van der Waals surface area contributed by atoms with E-state index < -0.39 is 0 Å². The monoisotopic (exact) mass is 165 g/mol. The molecule has 2 rings (SSSR count). The predicted octanol–water partition coefficient (Wildman–Crippen LogP) is 0.230. The first kappa shape index (κ1) is 7.49. The van der Waals surface area contributed by atoms with Crippen LogP contribution in [0, 0.1) is 0 Å². The standard InChI is InChI=1S/C8H11N3O/c12-6-8-2-4-10-11(8)7-1-3-9-5-7/h2,4,6-7,9H,1,3,5H2. The van der Waals surface area contributed by atoms with Crippen LogP contribution in [0.4, 0.5) is 0 Å². The Balaban J connectivity index is 2.25. The summed E-state index contributed by atoms with van der Waals surface area (Å²) in [6.07, 6.45) is 3.58. The number of carbonyl (C=O) groups excluding carboxylic acids is 1. The summed E-state index contributed by atoms with van der Waals surface area (Å²) in [7, 11) is 0. The molecule has 0 amide bonds. The van der Waals surface area contributed by atoms with Gasteiger partial charge in [0, 0.05) is 12.7 Å². The summed E-state index contributed by atoms with van der Waals surface area (Å²) in [5.41, 5.74) is 0.670. The Labute approximate surface area is 70.6 Å². The minimum atomic E-state index is 0.361. The molecular weight excluding hydrogens is 154 g/mol. The highest BCUT2D eigenvalue weighted by Crippen LogP contribution is 2.14. The minimum Gasteiger partial charge on any atom is -0.315 e. The van der Waals surface area contributed by atoms with Gasteiger partial charge >= 0.3 is 0 Å². The molecule has 0 radical (unpaired) electrons. The quantitative estimate of drug-likeness (QED) is 0.638. The molecule has 0 aromatic carbocycles. The lowest BCUT2D eigenvalue weighted by molar-refractivity contribution is 0.111. The van der Waals surface area contributed by atoms with E-state index in [1.807, 2.05) is 0 Å². The fourth-order valence-electron chi connectivity index (χ4n) is 1.57. The molecule has 1 aromatic heterocycles. The molecule has 2 heterocycles. The van der Waals surface area contributed by atoms with Crippen molar-refractivity contribution in [3.63, 3.8) is 0 Å². The topological polar surface area (TPSA) is 46.9 Å². The summed E-state index contributed by atoms with van der Waals surface area (Å²) in [4.78, 5) is 10.6. The Morgan fingerprint density at radius 3 is 3.33 bits per heavy atom. The lowest BCUT2D eigenvalue weighted by Crippen LogP contribution is -2.16. The lowest BCUT2D eigenvalue weighted by atomic mass is 10.2. The molecule has 0 bridgehead atoms. The lowest BCUT2D eigenvalue weighted by Gasteiger charge is -2.09. The average molecular weight is 165 g/mol. The Hall–Kier alpha value is -1.16. The van der Waals surface area contributed by atoms with Gasteiger partial charge in [-0.3, -0.25) is 9.48 Å². The zero-order valence-electron chi connectivity index (χ0n) is 6.73. The number of aromatic nitrogens is 2. The van der Waals surface area contributed by atoms with Crippen LogP contribution in [0.15, 0.2) is 12.3 Å². The predicted molar refractivity (Wildman–Crippen MR) is 44.1 cm³/mol. The van der Waals surface area contributed by atoms with Crippen molar-refractivity contribution in [3.8, 4) is 0 Å². The number of carbonyl (C=O) groups is 1. The van der Waals surface area contributed by atoms with Crippen molar-refractivity contribution in [2.24, 2.45) is 0 Å². The first-order chi connectivity index (χ1) is 5.92. The zero-order chi connectivity index (χ0) is 8.39. The van der Waals surface area contributed by atoms with Gasteiger partial charge in [0.05, 0.1) is 6.04 Å². The van der Waals surface area contributed by atoms with E-state index in [4.69, 9.17) is 0 Å². The summed E-state index contributed by atoms with van der Waals surface area (Å²) in [6.45, 7) is 1.94. The number of nitrogens with one attached hydrogen (secondary N) is 1. The zero-order valence-corrected chi connectivity index (χ0v) is 6.73. The van der Waals surface area contributed by atoms with Crippen LogP contribution in [0.3, 0.4) is 0 Å². The first-order valence-electron chi connectivity index (χ1n) is 4.11. The maximum atomic E-state index is 10.6. The van der Waals surface area contributed by atoms with Crippen LogP contribution in [0.25, 0.3) is 0 Å². The van der Waals surface area contributed by atoms with E-state index in [-0.39, 0.29) is 0 Å². The fourth-order valence-corrected chi connectivity index (χ4v) is 1.57. The molecule has 0 spiro atoms. The SMILES string of the molecule is O=Cc1ccnn1C1CCNC1. The van der Waals surface area contributed by atoms with E-state index in [9.17, 15) is 4.79 Å². The fraction of sp³-hybridized carbons (Fsp3) is 0.500. The van der Waals surface area contributed by atoms with Crippen LogP contribution in [0.5, 0.6) is 0 Å². The summed E-state index contributed by atoms with van der Waals surface area (Å²) < 4.78 is 1.80. The van der Waals surface area contributed by atoms with Gasteiger partial charge < -0.3 is 5.32 Å². The van der Waals surface area contributed by atoms with Gasteiger partial charge in [-0.15, -0.1) is 0 Å².